The molecule has 3 aromatic rings. The number of aromatic nitrogens is 3. The minimum atomic E-state index is -0.619. The summed E-state index contributed by atoms with van der Waals surface area (Å²) in [6.45, 7) is 0. The number of para-hydroxylation sites is 1. The fourth-order valence-corrected chi connectivity index (χ4v) is 3.29. The summed E-state index contributed by atoms with van der Waals surface area (Å²) in [7, 11) is 0. The number of phenols is 1. The molecule has 1 atom stereocenters. The molecule has 0 aliphatic carbocycles. The van der Waals surface area contributed by atoms with Gasteiger partial charge in [0.15, 0.2) is 5.69 Å². The Morgan fingerprint density at radius 2 is 2.04 bits per heavy atom. The van der Waals surface area contributed by atoms with Crippen LogP contribution in [0.3, 0.4) is 0 Å². The van der Waals surface area contributed by atoms with Gasteiger partial charge in [0.25, 0.3) is 0 Å². The highest BCUT2D eigenvalue weighted by atomic mass is 79.9. The second-order valence-electron chi connectivity index (χ2n) is 5.34. The van der Waals surface area contributed by atoms with Crippen LogP contribution in [0.1, 0.15) is 11.8 Å². The minimum absolute atomic E-state index is 0.133. The first kappa shape index (κ1) is 16.2. The number of hydrogen-bond acceptors (Lipinski definition) is 7. The van der Waals surface area contributed by atoms with Crippen molar-refractivity contribution in [1.29, 1.82) is 0 Å². The summed E-state index contributed by atoms with van der Waals surface area (Å²) >= 11 is 4.82. The number of nitrogens with zero attached hydrogens (tertiary/aromatic N) is 3. The van der Waals surface area contributed by atoms with Gasteiger partial charge in [0.1, 0.15) is 5.75 Å². The molecule has 0 bridgehead atoms. The van der Waals surface area contributed by atoms with Gasteiger partial charge in [-0.05, 0) is 30.5 Å². The van der Waals surface area contributed by atoms with Crippen LogP contribution in [-0.2, 0) is 0 Å². The first-order valence-electron chi connectivity index (χ1n) is 7.45. The molecule has 25 heavy (non-hydrogen) atoms. The molecule has 2 N–H and O–H groups in total. The van der Waals surface area contributed by atoms with Crippen LogP contribution in [0.25, 0.3) is 11.3 Å². The highest BCUT2D eigenvalue weighted by Crippen LogP contribution is 2.41. The highest BCUT2D eigenvalue weighted by molar-refractivity contribution is 9.10. The third-order valence-electron chi connectivity index (χ3n) is 3.79. The van der Waals surface area contributed by atoms with E-state index in [-0.39, 0.29) is 5.75 Å². The number of hydrogen-bond donors (Lipinski definition) is 2. The number of fused-ring (bicyclic) bond motifs is 3. The van der Waals surface area contributed by atoms with Crippen LogP contribution < -0.4 is 10.1 Å². The van der Waals surface area contributed by atoms with E-state index >= 15 is 0 Å². The Hall–Kier alpha value is -2.32. The van der Waals surface area contributed by atoms with Crippen molar-refractivity contribution in [3.05, 3.63) is 52.5 Å². The van der Waals surface area contributed by atoms with Gasteiger partial charge < -0.3 is 15.2 Å². The summed E-state index contributed by atoms with van der Waals surface area (Å²) in [5.74, 6) is 0.509. The van der Waals surface area contributed by atoms with Crippen molar-refractivity contribution < 1.29 is 9.84 Å². The van der Waals surface area contributed by atoms with E-state index in [1.54, 1.807) is 12.1 Å². The molecule has 1 aromatic heterocycles. The molecular weight excluding hydrogens is 404 g/mol. The number of ether oxygens (including phenoxy) is 1. The summed E-state index contributed by atoms with van der Waals surface area (Å²) < 4.78 is 6.93. The Bertz CT molecular complexity index is 954. The van der Waals surface area contributed by atoms with Crippen molar-refractivity contribution in [1.82, 2.24) is 15.2 Å². The average molecular weight is 417 g/mol. The number of anilines is 1. The average Bonchev–Trinajstić information content (AvgIpc) is 2.79. The van der Waals surface area contributed by atoms with E-state index in [0.717, 1.165) is 15.7 Å². The minimum Gasteiger partial charge on any atom is -0.507 e. The van der Waals surface area contributed by atoms with Crippen LogP contribution in [0.4, 0.5) is 5.69 Å². The fraction of sp³-hybridized carbons (Fsp3) is 0.118. The molecule has 2 heterocycles. The maximum Gasteiger partial charge on any atom is 0.247 e. The van der Waals surface area contributed by atoms with E-state index in [0.29, 0.717) is 22.3 Å². The molecule has 4 rings (SSSR count). The standard InChI is InChI=1S/C17H13BrN4O2S/c1-25-17-20-16-14(21-22-17)10-4-2-3-5-12(10)19-15(24-16)11-8-9(18)6-7-13(11)23/h2-8,15,19,23H,1H3/t15-/m1/s1. The van der Waals surface area contributed by atoms with Crippen molar-refractivity contribution in [2.45, 2.75) is 11.4 Å². The zero-order valence-corrected chi connectivity index (χ0v) is 15.5. The monoisotopic (exact) mass is 416 g/mol. The quantitative estimate of drug-likeness (QED) is 0.604. The van der Waals surface area contributed by atoms with E-state index in [1.165, 1.54) is 11.8 Å². The first-order chi connectivity index (χ1) is 12.2. The second-order valence-corrected chi connectivity index (χ2v) is 7.03. The van der Waals surface area contributed by atoms with Crippen LogP contribution in [-0.4, -0.2) is 26.5 Å². The van der Waals surface area contributed by atoms with Crippen molar-refractivity contribution in [2.24, 2.45) is 0 Å². The number of thioether (sulfide) groups is 1. The number of benzene rings is 2. The number of rotatable bonds is 2. The Kier molecular flexibility index (Phi) is 4.22. The van der Waals surface area contributed by atoms with Gasteiger partial charge >= 0.3 is 0 Å². The molecule has 0 saturated heterocycles. The Labute approximate surface area is 156 Å². The van der Waals surface area contributed by atoms with Crippen LogP contribution >= 0.6 is 27.7 Å². The lowest BCUT2D eigenvalue weighted by atomic mass is 10.1. The van der Waals surface area contributed by atoms with Crippen LogP contribution in [0.5, 0.6) is 11.6 Å². The van der Waals surface area contributed by atoms with Crippen molar-refractivity contribution in [3.63, 3.8) is 0 Å². The molecular formula is C17H13BrN4O2S. The highest BCUT2D eigenvalue weighted by Gasteiger charge is 2.27. The third kappa shape index (κ3) is 3.03. The number of nitrogens with one attached hydrogen (secondary N) is 1. The molecule has 0 spiro atoms. The van der Waals surface area contributed by atoms with Crippen molar-refractivity contribution in [2.75, 3.05) is 11.6 Å². The molecule has 8 heteroatoms. The normalized spacial score (nSPS) is 15.4. The smallest absolute Gasteiger partial charge is 0.247 e. The molecule has 2 aromatic carbocycles. The molecule has 1 aliphatic rings. The van der Waals surface area contributed by atoms with E-state index in [4.69, 9.17) is 4.74 Å². The zero-order valence-electron chi connectivity index (χ0n) is 13.1. The maximum atomic E-state index is 10.3. The van der Waals surface area contributed by atoms with Gasteiger partial charge in [-0.2, -0.15) is 4.98 Å². The Balaban J connectivity index is 1.89. The van der Waals surface area contributed by atoms with Crippen LogP contribution in [0.15, 0.2) is 52.1 Å². The number of aromatic hydroxyl groups is 1. The second kappa shape index (κ2) is 6.53. The van der Waals surface area contributed by atoms with Gasteiger partial charge in [-0.15, -0.1) is 10.2 Å². The van der Waals surface area contributed by atoms with E-state index in [1.807, 2.05) is 36.6 Å². The molecule has 1 aliphatic heterocycles. The SMILES string of the molecule is CSc1nnc2c(n1)O[C@H](c1cc(Br)ccc1O)Nc1ccccc1-2. The molecule has 0 unspecified atom stereocenters. The third-order valence-corrected chi connectivity index (χ3v) is 4.82. The lowest BCUT2D eigenvalue weighted by Crippen LogP contribution is -2.17. The predicted molar refractivity (Wildman–Crippen MR) is 99.8 cm³/mol. The van der Waals surface area contributed by atoms with E-state index < -0.39 is 6.23 Å². The van der Waals surface area contributed by atoms with Gasteiger partial charge in [-0.1, -0.05) is 45.9 Å². The Morgan fingerprint density at radius 3 is 2.88 bits per heavy atom. The number of halogens is 1. The molecule has 126 valence electrons. The van der Waals surface area contributed by atoms with E-state index in [2.05, 4.69) is 36.4 Å². The topological polar surface area (TPSA) is 80.2 Å². The lowest BCUT2D eigenvalue weighted by molar-refractivity contribution is 0.220. The van der Waals surface area contributed by atoms with Gasteiger partial charge in [0.05, 0.1) is 5.56 Å². The van der Waals surface area contributed by atoms with E-state index in [9.17, 15) is 5.11 Å². The Morgan fingerprint density at radius 1 is 1.20 bits per heavy atom. The molecule has 0 radical (unpaired) electrons. The zero-order chi connectivity index (χ0) is 17.4. The van der Waals surface area contributed by atoms with Crippen molar-refractivity contribution >= 4 is 33.4 Å². The summed E-state index contributed by atoms with van der Waals surface area (Å²) in [5, 5.41) is 22.5. The van der Waals surface area contributed by atoms with Crippen LogP contribution in [0, 0.1) is 0 Å². The molecule has 6 nitrogen and oxygen atoms in total. The van der Waals surface area contributed by atoms with Crippen molar-refractivity contribution in [3.8, 4) is 22.9 Å². The first-order valence-corrected chi connectivity index (χ1v) is 9.47. The largest absolute Gasteiger partial charge is 0.507 e. The predicted octanol–water partition coefficient (Wildman–Crippen LogP) is 4.23. The molecule has 0 saturated carbocycles. The molecule has 0 fully saturated rings. The van der Waals surface area contributed by atoms with Gasteiger partial charge in [0, 0.05) is 15.7 Å². The fourth-order valence-electron chi connectivity index (χ4n) is 2.61. The van der Waals surface area contributed by atoms with Gasteiger partial charge in [-0.3, -0.25) is 0 Å². The number of phenolic OH excluding ortho intramolecular Hbond substituents is 1. The summed E-state index contributed by atoms with van der Waals surface area (Å²) in [6.07, 6.45) is 1.26. The van der Waals surface area contributed by atoms with Gasteiger partial charge in [-0.25, -0.2) is 0 Å². The summed E-state index contributed by atoms with van der Waals surface area (Å²) in [6, 6.07) is 12.9. The maximum absolute atomic E-state index is 10.3. The lowest BCUT2D eigenvalue weighted by Gasteiger charge is -2.20. The summed E-state index contributed by atoms with van der Waals surface area (Å²) in [4.78, 5) is 4.45. The summed E-state index contributed by atoms with van der Waals surface area (Å²) in [5.41, 5.74) is 2.85. The van der Waals surface area contributed by atoms with Crippen LogP contribution in [0.2, 0.25) is 0 Å². The van der Waals surface area contributed by atoms with Gasteiger partial charge in [0.2, 0.25) is 17.3 Å². The molecule has 0 amide bonds.